The second-order valence-corrected chi connectivity index (χ2v) is 7.71. The van der Waals surface area contributed by atoms with Crippen molar-refractivity contribution in [3.63, 3.8) is 0 Å². The maximum absolute atomic E-state index is 11.6. The fraction of sp³-hybridized carbons (Fsp3) is 0.318. The van der Waals surface area contributed by atoms with Gasteiger partial charge in [0.2, 0.25) is 0 Å². The summed E-state index contributed by atoms with van der Waals surface area (Å²) in [5.74, 6) is -0.546. The number of carbonyl (C=O) groups is 2. The first-order chi connectivity index (χ1) is 14.8. The molecule has 0 saturated heterocycles. The number of hydrogen-bond acceptors (Lipinski definition) is 7. The Labute approximate surface area is 185 Å². The highest BCUT2D eigenvalue weighted by atomic mass is 32.1. The van der Waals surface area contributed by atoms with Crippen molar-refractivity contribution < 1.29 is 23.8 Å². The smallest absolute Gasteiger partial charge is 0.347 e. The van der Waals surface area contributed by atoms with Gasteiger partial charge in [0.1, 0.15) is 10.6 Å². The second-order valence-electron chi connectivity index (χ2n) is 6.71. The van der Waals surface area contributed by atoms with Crippen LogP contribution in [0.2, 0.25) is 0 Å². The predicted molar refractivity (Wildman–Crippen MR) is 121 cm³/mol. The molecule has 8 nitrogen and oxygen atoms in total. The molecule has 0 radical (unpaired) electrons. The van der Waals surface area contributed by atoms with Crippen LogP contribution in [0.25, 0.3) is 0 Å². The standard InChI is InChI=1S/C12H19NO.C10H8N2O4S/c1-3-4-5-9-14-11-8-6-7-10(2)12(11)13;1-5-7(9(14)15)17-10(11-5)12-8(13)6-3-2-4-16-6/h6-8H,3-5,9,13H2,1-2H3;2-4H,1H3,(H,14,15)(H,11,12,13). The van der Waals surface area contributed by atoms with Crippen molar-refractivity contribution in [2.45, 2.75) is 40.0 Å². The zero-order valence-electron chi connectivity index (χ0n) is 17.8. The van der Waals surface area contributed by atoms with E-state index in [0.29, 0.717) is 5.69 Å². The molecule has 1 aromatic carbocycles. The fourth-order valence-corrected chi connectivity index (χ4v) is 3.33. The topological polar surface area (TPSA) is 128 Å². The lowest BCUT2D eigenvalue weighted by Crippen LogP contribution is -2.10. The number of benzene rings is 1. The summed E-state index contributed by atoms with van der Waals surface area (Å²) < 4.78 is 10.5. The molecule has 0 aliphatic heterocycles. The number of nitrogen functional groups attached to an aromatic ring is 1. The van der Waals surface area contributed by atoms with Gasteiger partial charge in [-0.1, -0.05) is 43.2 Å². The van der Waals surface area contributed by atoms with E-state index in [1.165, 1.54) is 25.2 Å². The van der Waals surface area contributed by atoms with E-state index in [-0.39, 0.29) is 15.8 Å². The average molecular weight is 446 g/mol. The number of unbranched alkanes of at least 4 members (excludes halogenated alkanes) is 2. The third-order valence-corrected chi connectivity index (χ3v) is 5.31. The van der Waals surface area contributed by atoms with Crippen molar-refractivity contribution >= 4 is 34.0 Å². The minimum absolute atomic E-state index is 0.111. The van der Waals surface area contributed by atoms with Crippen molar-refractivity contribution in [1.29, 1.82) is 0 Å². The lowest BCUT2D eigenvalue weighted by atomic mass is 10.2. The minimum Gasteiger partial charge on any atom is -0.491 e. The summed E-state index contributed by atoms with van der Waals surface area (Å²) in [6.07, 6.45) is 4.91. The maximum Gasteiger partial charge on any atom is 0.347 e. The molecule has 0 bridgehead atoms. The van der Waals surface area contributed by atoms with E-state index < -0.39 is 11.9 Å². The second kappa shape index (κ2) is 11.8. The fourth-order valence-electron chi connectivity index (χ4n) is 2.53. The molecule has 0 spiro atoms. The van der Waals surface area contributed by atoms with Gasteiger partial charge in [-0.05, 0) is 44.0 Å². The van der Waals surface area contributed by atoms with E-state index in [4.69, 9.17) is 20.0 Å². The van der Waals surface area contributed by atoms with Gasteiger partial charge in [-0.3, -0.25) is 10.1 Å². The molecule has 0 aliphatic rings. The van der Waals surface area contributed by atoms with Gasteiger partial charge in [0, 0.05) is 0 Å². The average Bonchev–Trinajstić information content (AvgIpc) is 3.39. The summed E-state index contributed by atoms with van der Waals surface area (Å²) in [6, 6.07) is 8.99. The summed E-state index contributed by atoms with van der Waals surface area (Å²) in [6.45, 7) is 6.51. The molecule has 9 heteroatoms. The molecule has 2 heterocycles. The van der Waals surface area contributed by atoms with Crippen LogP contribution < -0.4 is 15.8 Å². The number of amides is 1. The Balaban J connectivity index is 0.000000225. The normalized spacial score (nSPS) is 10.2. The molecule has 0 atom stereocenters. The number of carboxylic acids is 1. The number of para-hydroxylation sites is 1. The number of hydrogen-bond donors (Lipinski definition) is 3. The van der Waals surface area contributed by atoms with Gasteiger partial charge in [0.15, 0.2) is 10.9 Å². The van der Waals surface area contributed by atoms with Gasteiger partial charge in [-0.15, -0.1) is 0 Å². The van der Waals surface area contributed by atoms with Gasteiger partial charge in [-0.2, -0.15) is 0 Å². The molecule has 166 valence electrons. The van der Waals surface area contributed by atoms with E-state index in [0.717, 1.165) is 41.4 Å². The number of ether oxygens (including phenoxy) is 1. The molecule has 4 N–H and O–H groups in total. The number of aryl methyl sites for hydroxylation is 2. The molecule has 0 saturated carbocycles. The maximum atomic E-state index is 11.6. The highest BCUT2D eigenvalue weighted by molar-refractivity contribution is 7.17. The van der Waals surface area contributed by atoms with Crippen LogP contribution in [0.3, 0.4) is 0 Å². The van der Waals surface area contributed by atoms with Crippen molar-refractivity contribution in [1.82, 2.24) is 4.98 Å². The number of rotatable bonds is 8. The SMILES string of the molecule is CCCCCOc1cccc(C)c1N.Cc1nc(NC(=O)c2ccco2)sc1C(=O)O. The van der Waals surface area contributed by atoms with Crippen LogP contribution in [-0.2, 0) is 0 Å². The number of nitrogens with two attached hydrogens (primary N) is 1. The third-order valence-electron chi connectivity index (χ3n) is 4.25. The van der Waals surface area contributed by atoms with Gasteiger partial charge < -0.3 is 20.0 Å². The van der Waals surface area contributed by atoms with Gasteiger partial charge in [0.05, 0.1) is 24.3 Å². The Morgan fingerprint density at radius 1 is 1.23 bits per heavy atom. The van der Waals surface area contributed by atoms with Gasteiger partial charge >= 0.3 is 5.97 Å². The van der Waals surface area contributed by atoms with E-state index in [2.05, 4.69) is 17.2 Å². The van der Waals surface area contributed by atoms with Crippen LogP contribution in [0.1, 0.15) is 57.7 Å². The van der Waals surface area contributed by atoms with Crippen LogP contribution in [-0.4, -0.2) is 28.6 Å². The van der Waals surface area contributed by atoms with Crippen LogP contribution >= 0.6 is 11.3 Å². The Morgan fingerprint density at radius 3 is 2.61 bits per heavy atom. The molecule has 2 aromatic heterocycles. The summed E-state index contributed by atoms with van der Waals surface area (Å²) in [7, 11) is 0. The summed E-state index contributed by atoms with van der Waals surface area (Å²) >= 11 is 0.909. The first kappa shape index (κ1) is 23.9. The first-order valence-corrected chi connectivity index (χ1v) is 10.7. The monoisotopic (exact) mass is 445 g/mol. The lowest BCUT2D eigenvalue weighted by Gasteiger charge is -2.09. The number of nitrogens with zero attached hydrogens (tertiary/aromatic N) is 1. The van der Waals surface area contributed by atoms with E-state index >= 15 is 0 Å². The van der Waals surface area contributed by atoms with E-state index in [1.807, 2.05) is 25.1 Å². The molecule has 3 rings (SSSR count). The summed E-state index contributed by atoms with van der Waals surface area (Å²) in [5, 5.41) is 11.5. The zero-order chi connectivity index (χ0) is 22.8. The first-order valence-electron chi connectivity index (χ1n) is 9.87. The highest BCUT2D eigenvalue weighted by Gasteiger charge is 2.16. The Bertz CT molecular complexity index is 999. The molecule has 1 amide bonds. The van der Waals surface area contributed by atoms with Crippen molar-refractivity contribution in [2.75, 3.05) is 17.7 Å². The quantitative estimate of drug-likeness (QED) is 0.323. The molecular weight excluding hydrogens is 418 g/mol. The predicted octanol–water partition coefficient (Wildman–Crippen LogP) is 5.14. The third kappa shape index (κ3) is 7.14. The highest BCUT2D eigenvalue weighted by Crippen LogP contribution is 2.24. The molecule has 0 aliphatic carbocycles. The Kier molecular flexibility index (Phi) is 9.08. The number of furan rings is 1. The lowest BCUT2D eigenvalue weighted by molar-refractivity contribution is 0.0701. The van der Waals surface area contributed by atoms with Crippen molar-refractivity contribution in [3.8, 4) is 5.75 Å². The molecule has 3 aromatic rings. The van der Waals surface area contributed by atoms with E-state index in [9.17, 15) is 9.59 Å². The summed E-state index contributed by atoms with van der Waals surface area (Å²) in [5.41, 5.74) is 8.09. The molecule has 31 heavy (non-hydrogen) atoms. The number of nitrogens with one attached hydrogen (secondary N) is 1. The number of thiazole rings is 1. The molecular formula is C22H27N3O5S. The van der Waals surface area contributed by atoms with Crippen LogP contribution in [0.15, 0.2) is 41.0 Å². The number of carboxylic acid groups (broad SMARTS) is 1. The number of anilines is 2. The van der Waals surface area contributed by atoms with Gasteiger partial charge in [0.25, 0.3) is 5.91 Å². The van der Waals surface area contributed by atoms with Crippen molar-refractivity contribution in [3.05, 3.63) is 58.5 Å². The minimum atomic E-state index is -1.06. The largest absolute Gasteiger partial charge is 0.491 e. The number of carbonyl (C=O) groups excluding carboxylic acids is 1. The van der Waals surface area contributed by atoms with Crippen LogP contribution in [0.4, 0.5) is 10.8 Å². The summed E-state index contributed by atoms with van der Waals surface area (Å²) in [4.78, 5) is 26.4. The zero-order valence-corrected chi connectivity index (χ0v) is 18.6. The Morgan fingerprint density at radius 2 is 2.00 bits per heavy atom. The molecule has 0 fully saturated rings. The van der Waals surface area contributed by atoms with Gasteiger partial charge in [-0.25, -0.2) is 9.78 Å². The van der Waals surface area contributed by atoms with Crippen LogP contribution in [0.5, 0.6) is 5.75 Å². The van der Waals surface area contributed by atoms with E-state index in [1.54, 1.807) is 13.0 Å². The van der Waals surface area contributed by atoms with Crippen molar-refractivity contribution in [2.24, 2.45) is 0 Å². The van der Waals surface area contributed by atoms with Crippen LogP contribution in [0, 0.1) is 13.8 Å². The number of aromatic carboxylic acids is 1. The molecule has 0 unspecified atom stereocenters. The number of aromatic nitrogens is 1. The Hall–Kier alpha value is -3.33.